The molecule has 20 heavy (non-hydrogen) atoms. The van der Waals surface area contributed by atoms with E-state index < -0.39 is 16.0 Å². The van der Waals surface area contributed by atoms with E-state index in [2.05, 4.69) is 4.72 Å². The van der Waals surface area contributed by atoms with Crippen LogP contribution in [0.15, 0.2) is 35.2 Å². The van der Waals surface area contributed by atoms with Crippen molar-refractivity contribution >= 4 is 32.3 Å². The fourth-order valence-electron chi connectivity index (χ4n) is 1.79. The molecular weight excluding hydrogens is 298 g/mol. The average Bonchev–Trinajstić information content (AvgIpc) is 2.69. The number of carboxylic acid groups (broad SMARTS) is 1. The van der Waals surface area contributed by atoms with Crippen molar-refractivity contribution in [3.05, 3.63) is 46.3 Å². The van der Waals surface area contributed by atoms with Gasteiger partial charge in [0, 0.05) is 0 Å². The molecule has 0 spiro atoms. The molecule has 0 radical (unpaired) electrons. The summed E-state index contributed by atoms with van der Waals surface area (Å²) in [6.45, 7) is 3.34. The summed E-state index contributed by atoms with van der Waals surface area (Å²) in [5.41, 5.74) is 1.16. The standard InChI is InChI=1S/C13H13NO4S2/c1-8-5-3-4-6-10(8)20(17,18)14-11-7-9(2)12(19-11)13(15)16/h3-7,14H,1-2H3,(H,15,16). The third kappa shape index (κ3) is 2.83. The van der Waals surface area contributed by atoms with Crippen LogP contribution in [-0.4, -0.2) is 19.5 Å². The van der Waals surface area contributed by atoms with Crippen LogP contribution in [0.3, 0.4) is 0 Å². The van der Waals surface area contributed by atoms with E-state index in [1.165, 1.54) is 12.1 Å². The van der Waals surface area contributed by atoms with Crippen molar-refractivity contribution < 1.29 is 18.3 Å². The second-order valence-corrected chi connectivity index (χ2v) is 7.00. The Labute approximate surface area is 120 Å². The quantitative estimate of drug-likeness (QED) is 0.909. The van der Waals surface area contributed by atoms with Crippen LogP contribution in [-0.2, 0) is 10.0 Å². The minimum atomic E-state index is -3.71. The zero-order valence-electron chi connectivity index (χ0n) is 10.9. The number of sulfonamides is 1. The second kappa shape index (κ2) is 5.26. The highest BCUT2D eigenvalue weighted by atomic mass is 32.2. The summed E-state index contributed by atoms with van der Waals surface area (Å²) in [7, 11) is -3.71. The van der Waals surface area contributed by atoms with Crippen LogP contribution in [0.25, 0.3) is 0 Å². The summed E-state index contributed by atoms with van der Waals surface area (Å²) in [5.74, 6) is -1.06. The molecule has 0 saturated carbocycles. The van der Waals surface area contributed by atoms with Crippen molar-refractivity contribution in [3.63, 3.8) is 0 Å². The fourth-order valence-corrected chi connectivity index (χ4v) is 4.23. The highest BCUT2D eigenvalue weighted by Gasteiger charge is 2.19. The van der Waals surface area contributed by atoms with Gasteiger partial charge in [-0.2, -0.15) is 0 Å². The number of aryl methyl sites for hydroxylation is 2. The number of thiophene rings is 1. The Hall–Kier alpha value is -1.86. The largest absolute Gasteiger partial charge is 0.477 e. The Morgan fingerprint density at radius 2 is 1.85 bits per heavy atom. The van der Waals surface area contributed by atoms with Gasteiger partial charge in [-0.3, -0.25) is 4.72 Å². The van der Waals surface area contributed by atoms with Crippen molar-refractivity contribution in [2.75, 3.05) is 4.72 Å². The summed E-state index contributed by atoms with van der Waals surface area (Å²) in [4.78, 5) is 11.3. The lowest BCUT2D eigenvalue weighted by Gasteiger charge is -2.08. The van der Waals surface area contributed by atoms with Gasteiger partial charge in [-0.25, -0.2) is 13.2 Å². The highest BCUT2D eigenvalue weighted by Crippen LogP contribution is 2.29. The first-order valence-corrected chi connectivity index (χ1v) is 8.03. The van der Waals surface area contributed by atoms with E-state index in [9.17, 15) is 13.2 Å². The van der Waals surface area contributed by atoms with E-state index >= 15 is 0 Å². The number of nitrogens with one attached hydrogen (secondary N) is 1. The van der Waals surface area contributed by atoms with Gasteiger partial charge in [0.25, 0.3) is 10.0 Å². The Balaban J connectivity index is 2.37. The lowest BCUT2D eigenvalue weighted by atomic mass is 10.2. The number of carbonyl (C=O) groups is 1. The lowest BCUT2D eigenvalue weighted by molar-refractivity contribution is 0.0701. The first kappa shape index (κ1) is 14.5. The number of rotatable bonds is 4. The first-order chi connectivity index (χ1) is 9.31. The molecule has 2 rings (SSSR count). The van der Waals surface area contributed by atoms with Gasteiger partial charge in [0.15, 0.2) is 0 Å². The summed E-state index contributed by atoms with van der Waals surface area (Å²) >= 11 is 0.905. The van der Waals surface area contributed by atoms with E-state index in [0.29, 0.717) is 16.1 Å². The fraction of sp³-hybridized carbons (Fsp3) is 0.154. The van der Waals surface area contributed by atoms with E-state index in [4.69, 9.17) is 5.11 Å². The topological polar surface area (TPSA) is 83.5 Å². The van der Waals surface area contributed by atoms with Crippen LogP contribution >= 0.6 is 11.3 Å². The molecule has 1 aromatic carbocycles. The predicted molar refractivity (Wildman–Crippen MR) is 78.0 cm³/mol. The van der Waals surface area contributed by atoms with Crippen molar-refractivity contribution in [1.29, 1.82) is 0 Å². The molecule has 2 N–H and O–H groups in total. The number of benzene rings is 1. The Kier molecular flexibility index (Phi) is 3.82. The molecule has 7 heteroatoms. The average molecular weight is 311 g/mol. The molecular formula is C13H13NO4S2. The van der Waals surface area contributed by atoms with Gasteiger partial charge in [0.2, 0.25) is 0 Å². The third-order valence-electron chi connectivity index (χ3n) is 2.73. The number of hydrogen-bond acceptors (Lipinski definition) is 4. The van der Waals surface area contributed by atoms with Crippen LogP contribution in [0.4, 0.5) is 5.00 Å². The van der Waals surface area contributed by atoms with E-state index in [0.717, 1.165) is 11.3 Å². The number of carboxylic acids is 1. The van der Waals surface area contributed by atoms with Crippen LogP contribution in [0.1, 0.15) is 20.8 Å². The lowest BCUT2D eigenvalue weighted by Crippen LogP contribution is -2.13. The van der Waals surface area contributed by atoms with Gasteiger partial charge in [-0.15, -0.1) is 11.3 Å². The van der Waals surface area contributed by atoms with Crippen LogP contribution in [0.5, 0.6) is 0 Å². The molecule has 0 amide bonds. The van der Waals surface area contributed by atoms with Crippen molar-refractivity contribution in [2.24, 2.45) is 0 Å². The number of aromatic carboxylic acids is 1. The maximum absolute atomic E-state index is 12.3. The maximum Gasteiger partial charge on any atom is 0.346 e. The zero-order valence-corrected chi connectivity index (χ0v) is 12.5. The smallest absolute Gasteiger partial charge is 0.346 e. The minimum Gasteiger partial charge on any atom is -0.477 e. The minimum absolute atomic E-state index is 0.132. The van der Waals surface area contributed by atoms with E-state index in [1.807, 2.05) is 0 Å². The molecule has 0 aliphatic carbocycles. The maximum atomic E-state index is 12.3. The molecule has 0 aliphatic rings. The van der Waals surface area contributed by atoms with Crippen molar-refractivity contribution in [2.45, 2.75) is 18.7 Å². The molecule has 1 aromatic heterocycles. The summed E-state index contributed by atoms with van der Waals surface area (Å²) in [5, 5.41) is 9.27. The molecule has 5 nitrogen and oxygen atoms in total. The monoisotopic (exact) mass is 311 g/mol. The highest BCUT2D eigenvalue weighted by molar-refractivity contribution is 7.93. The van der Waals surface area contributed by atoms with Crippen LogP contribution in [0.2, 0.25) is 0 Å². The van der Waals surface area contributed by atoms with E-state index in [-0.39, 0.29) is 9.77 Å². The van der Waals surface area contributed by atoms with Gasteiger partial charge in [0.05, 0.1) is 4.90 Å². The molecule has 106 valence electrons. The normalized spacial score (nSPS) is 11.3. The molecule has 0 atom stereocenters. The summed E-state index contributed by atoms with van der Waals surface area (Å²) < 4.78 is 26.9. The van der Waals surface area contributed by atoms with Crippen molar-refractivity contribution in [1.82, 2.24) is 0 Å². The van der Waals surface area contributed by atoms with Crippen molar-refractivity contribution in [3.8, 4) is 0 Å². The Morgan fingerprint density at radius 1 is 1.20 bits per heavy atom. The van der Waals surface area contributed by atoms with Gasteiger partial charge in [0.1, 0.15) is 9.88 Å². The molecule has 0 unspecified atom stereocenters. The zero-order chi connectivity index (χ0) is 14.9. The molecule has 0 aliphatic heterocycles. The van der Waals surface area contributed by atoms with Gasteiger partial charge >= 0.3 is 5.97 Å². The molecule has 2 aromatic rings. The molecule has 1 heterocycles. The first-order valence-electron chi connectivity index (χ1n) is 5.73. The van der Waals surface area contributed by atoms with Gasteiger partial charge in [-0.1, -0.05) is 18.2 Å². The second-order valence-electron chi connectivity index (χ2n) is 4.30. The predicted octanol–water partition coefficient (Wildman–Crippen LogP) is 2.86. The SMILES string of the molecule is Cc1ccccc1S(=O)(=O)Nc1cc(C)c(C(=O)O)s1. The van der Waals surface area contributed by atoms with Gasteiger partial charge in [-0.05, 0) is 37.1 Å². The molecule has 0 fully saturated rings. The summed E-state index contributed by atoms with van der Waals surface area (Å²) in [6, 6.07) is 8.13. The molecule has 0 bridgehead atoms. The van der Waals surface area contributed by atoms with Crippen LogP contribution in [0, 0.1) is 13.8 Å². The summed E-state index contributed by atoms with van der Waals surface area (Å²) in [6.07, 6.45) is 0. The molecule has 0 saturated heterocycles. The Morgan fingerprint density at radius 3 is 2.40 bits per heavy atom. The van der Waals surface area contributed by atoms with Gasteiger partial charge < -0.3 is 5.11 Å². The van der Waals surface area contributed by atoms with E-state index in [1.54, 1.807) is 32.0 Å². The number of hydrogen-bond donors (Lipinski definition) is 2. The third-order valence-corrected chi connectivity index (χ3v) is 5.53. The Bertz CT molecular complexity index is 762. The van der Waals surface area contributed by atoms with Crippen LogP contribution < -0.4 is 4.72 Å². The number of anilines is 1.